The first kappa shape index (κ1) is 7.11. The van der Waals surface area contributed by atoms with Crippen LogP contribution in [-0.4, -0.2) is 21.2 Å². The number of hydrogen-bond acceptors (Lipinski definition) is 3. The Balaban J connectivity index is 2.56. The van der Waals surface area contributed by atoms with E-state index in [4.69, 9.17) is 0 Å². The van der Waals surface area contributed by atoms with Gasteiger partial charge in [-0.2, -0.15) is 9.98 Å². The molecule has 0 spiro atoms. The SMILES string of the molecule is CC1=NC=NC2=CN=C[N+]21I. The molecule has 0 aliphatic carbocycles. The summed E-state index contributed by atoms with van der Waals surface area (Å²) in [6.45, 7) is 1.96. The van der Waals surface area contributed by atoms with Crippen LogP contribution in [-0.2, 0) is 0 Å². The van der Waals surface area contributed by atoms with Crippen molar-refractivity contribution in [2.45, 2.75) is 6.92 Å². The molecule has 0 aromatic heterocycles. The Morgan fingerprint density at radius 2 is 2.36 bits per heavy atom. The first-order valence-electron chi connectivity index (χ1n) is 3.14. The van der Waals surface area contributed by atoms with Gasteiger partial charge in [0.25, 0.3) is 28.7 Å². The molecule has 0 bridgehead atoms. The molecule has 11 heavy (non-hydrogen) atoms. The van der Waals surface area contributed by atoms with E-state index in [2.05, 4.69) is 37.8 Å². The minimum absolute atomic E-state index is 0.494. The zero-order chi connectivity index (χ0) is 7.90. The van der Waals surface area contributed by atoms with Crippen LogP contribution in [0.25, 0.3) is 0 Å². The number of nitrogens with zero attached hydrogens (tertiary/aromatic N) is 4. The van der Waals surface area contributed by atoms with E-state index < -0.39 is 0 Å². The molecular formula is C6H6IN4+. The summed E-state index contributed by atoms with van der Waals surface area (Å²) in [6, 6.07) is 0. The molecule has 0 N–H and O–H groups in total. The predicted octanol–water partition coefficient (Wildman–Crippen LogP) is 1.45. The lowest BCUT2D eigenvalue weighted by Crippen LogP contribution is -2.38. The van der Waals surface area contributed by atoms with Crippen LogP contribution >= 0.6 is 22.9 Å². The third-order valence-corrected chi connectivity index (χ3v) is 3.10. The Labute approximate surface area is 78.1 Å². The molecule has 2 aliphatic rings. The van der Waals surface area contributed by atoms with Gasteiger partial charge in [0.05, 0.1) is 0 Å². The average Bonchev–Trinajstić information content (AvgIpc) is 2.34. The fraction of sp³-hybridized carbons (Fsp3) is 0.167. The number of rotatable bonds is 0. The van der Waals surface area contributed by atoms with Crippen LogP contribution < -0.4 is 0 Å². The van der Waals surface area contributed by atoms with E-state index in [1.807, 2.05) is 13.3 Å². The standard InChI is InChI=1S/C6H6IN4/c1-5-9-3-10-6-2-8-4-11(5,6)7/h2-4H,1H3/q+1. The fourth-order valence-corrected chi connectivity index (χ4v) is 1.47. The third-order valence-electron chi connectivity index (χ3n) is 1.65. The highest BCUT2D eigenvalue weighted by Gasteiger charge is 2.38. The summed E-state index contributed by atoms with van der Waals surface area (Å²) in [4.78, 5) is 12.2. The molecule has 2 aliphatic heterocycles. The number of quaternary nitrogens is 1. The van der Waals surface area contributed by atoms with E-state index in [-0.39, 0.29) is 0 Å². The summed E-state index contributed by atoms with van der Waals surface area (Å²) in [6.07, 6.45) is 5.12. The van der Waals surface area contributed by atoms with Crippen molar-refractivity contribution in [3.8, 4) is 0 Å². The number of fused-ring (bicyclic) bond motifs is 1. The second-order valence-corrected chi connectivity index (χ2v) is 3.83. The third kappa shape index (κ3) is 0.875. The number of hydrogen-bond donors (Lipinski definition) is 0. The van der Waals surface area contributed by atoms with E-state index in [0.717, 1.165) is 11.7 Å². The van der Waals surface area contributed by atoms with Crippen LogP contribution in [0.2, 0.25) is 0 Å². The van der Waals surface area contributed by atoms with Gasteiger partial charge in [0.2, 0.25) is 12.2 Å². The Kier molecular flexibility index (Phi) is 1.43. The molecule has 0 saturated heterocycles. The second kappa shape index (κ2) is 2.21. The van der Waals surface area contributed by atoms with E-state index in [1.54, 1.807) is 12.5 Å². The summed E-state index contributed by atoms with van der Waals surface area (Å²) in [5.41, 5.74) is 0. The van der Waals surface area contributed by atoms with Crippen molar-refractivity contribution in [2.75, 3.05) is 0 Å². The largest absolute Gasteiger partial charge is 0.270 e. The van der Waals surface area contributed by atoms with Crippen LogP contribution in [0.15, 0.2) is 27.0 Å². The molecule has 0 aromatic rings. The fourth-order valence-electron chi connectivity index (χ4n) is 0.957. The van der Waals surface area contributed by atoms with Gasteiger partial charge in [-0.15, -0.1) is 2.70 Å². The number of aliphatic imine (C=N–C) groups is 3. The maximum atomic E-state index is 4.10. The molecule has 2 heterocycles. The van der Waals surface area contributed by atoms with Gasteiger partial charge < -0.3 is 0 Å². The minimum atomic E-state index is 0.494. The summed E-state index contributed by atoms with van der Waals surface area (Å²) in [7, 11) is 0. The maximum Gasteiger partial charge on any atom is 0.270 e. The van der Waals surface area contributed by atoms with Crippen LogP contribution in [0.1, 0.15) is 6.92 Å². The Hall–Kier alpha value is -0.560. The number of halogens is 1. The average molecular weight is 261 g/mol. The highest BCUT2D eigenvalue weighted by molar-refractivity contribution is 14.1. The highest BCUT2D eigenvalue weighted by Crippen LogP contribution is 2.30. The summed E-state index contributed by atoms with van der Waals surface area (Å²) in [5, 5.41) is 0. The van der Waals surface area contributed by atoms with Gasteiger partial charge in [-0.1, -0.05) is 0 Å². The smallest absolute Gasteiger partial charge is 0.202 e. The second-order valence-electron chi connectivity index (χ2n) is 2.31. The van der Waals surface area contributed by atoms with Crippen LogP contribution in [0.5, 0.6) is 0 Å². The van der Waals surface area contributed by atoms with Crippen molar-refractivity contribution in [2.24, 2.45) is 15.0 Å². The van der Waals surface area contributed by atoms with Crippen molar-refractivity contribution in [3.63, 3.8) is 0 Å². The molecule has 56 valence electrons. The minimum Gasteiger partial charge on any atom is -0.202 e. The lowest BCUT2D eigenvalue weighted by atomic mass is 10.5. The highest BCUT2D eigenvalue weighted by atomic mass is 127. The van der Waals surface area contributed by atoms with Crippen LogP contribution in [0.4, 0.5) is 0 Å². The summed E-state index contributed by atoms with van der Waals surface area (Å²) >= 11 is 2.24. The van der Waals surface area contributed by atoms with Gasteiger partial charge >= 0.3 is 0 Å². The molecule has 1 unspecified atom stereocenters. The Bertz CT molecular complexity index is 315. The predicted molar refractivity (Wildman–Crippen MR) is 52.5 cm³/mol. The molecule has 1 atom stereocenters. The molecule has 0 fully saturated rings. The topological polar surface area (TPSA) is 37.1 Å². The molecule has 4 nitrogen and oxygen atoms in total. The molecule has 0 radical (unpaired) electrons. The van der Waals surface area contributed by atoms with Crippen molar-refractivity contribution in [1.29, 1.82) is 0 Å². The van der Waals surface area contributed by atoms with E-state index in [9.17, 15) is 0 Å². The zero-order valence-corrected chi connectivity index (χ0v) is 8.06. The van der Waals surface area contributed by atoms with E-state index in [0.29, 0.717) is 2.70 Å². The molecule has 0 amide bonds. The monoisotopic (exact) mass is 261 g/mol. The zero-order valence-electron chi connectivity index (χ0n) is 5.90. The molecule has 5 heteroatoms. The van der Waals surface area contributed by atoms with Gasteiger partial charge in [-0.05, 0) is 0 Å². The van der Waals surface area contributed by atoms with Crippen molar-refractivity contribution in [3.05, 3.63) is 12.0 Å². The summed E-state index contributed by atoms with van der Waals surface area (Å²) < 4.78 is 0.494. The first-order chi connectivity index (χ1) is 5.23. The summed E-state index contributed by atoms with van der Waals surface area (Å²) in [5.74, 6) is 1.89. The van der Waals surface area contributed by atoms with Crippen molar-refractivity contribution in [1.82, 2.24) is 0 Å². The first-order valence-corrected chi connectivity index (χ1v) is 4.11. The van der Waals surface area contributed by atoms with E-state index in [1.165, 1.54) is 0 Å². The Morgan fingerprint density at radius 1 is 1.55 bits per heavy atom. The Morgan fingerprint density at radius 3 is 3.09 bits per heavy atom. The quantitative estimate of drug-likeness (QED) is 0.467. The molecular weight excluding hydrogens is 255 g/mol. The molecule has 2 rings (SSSR count). The normalized spacial score (nSPS) is 33.3. The maximum absolute atomic E-state index is 4.10. The van der Waals surface area contributed by atoms with Crippen molar-refractivity contribution < 1.29 is 2.70 Å². The lowest BCUT2D eigenvalue weighted by molar-refractivity contribution is -0.480. The van der Waals surface area contributed by atoms with Gasteiger partial charge in [0, 0.05) is 6.92 Å². The molecule has 0 saturated carbocycles. The molecule has 0 aromatic carbocycles. The van der Waals surface area contributed by atoms with Crippen LogP contribution in [0, 0.1) is 0 Å². The number of amidine groups is 1. The van der Waals surface area contributed by atoms with Gasteiger partial charge in [0.1, 0.15) is 12.5 Å². The van der Waals surface area contributed by atoms with Crippen LogP contribution in [0.3, 0.4) is 0 Å². The van der Waals surface area contributed by atoms with Gasteiger partial charge in [0.15, 0.2) is 0 Å². The lowest BCUT2D eigenvalue weighted by Gasteiger charge is -2.21. The van der Waals surface area contributed by atoms with Gasteiger partial charge in [-0.3, -0.25) is 0 Å². The van der Waals surface area contributed by atoms with Gasteiger partial charge in [-0.25, -0.2) is 4.99 Å². The van der Waals surface area contributed by atoms with Crippen molar-refractivity contribution >= 4 is 41.4 Å². The van der Waals surface area contributed by atoms with E-state index >= 15 is 0 Å².